The van der Waals surface area contributed by atoms with Crippen LogP contribution in [0.2, 0.25) is 5.02 Å². The van der Waals surface area contributed by atoms with Crippen molar-refractivity contribution < 1.29 is 0 Å². The average molecular weight is 313 g/mol. The van der Waals surface area contributed by atoms with Crippen molar-refractivity contribution in [2.24, 2.45) is 0 Å². The van der Waals surface area contributed by atoms with Crippen LogP contribution in [0, 0.1) is 0 Å². The fourth-order valence-electron chi connectivity index (χ4n) is 2.63. The highest BCUT2D eigenvalue weighted by molar-refractivity contribution is 7.99. The number of thiazole rings is 1. The number of hydrogen-bond donors (Lipinski definition) is 1. The van der Waals surface area contributed by atoms with Crippen molar-refractivity contribution in [1.82, 2.24) is 4.98 Å². The fourth-order valence-corrected chi connectivity index (χ4v) is 4.54. The summed E-state index contributed by atoms with van der Waals surface area (Å²) in [5.74, 6) is 0. The van der Waals surface area contributed by atoms with Crippen LogP contribution in [0.15, 0.2) is 18.2 Å². The molecule has 19 heavy (non-hydrogen) atoms. The van der Waals surface area contributed by atoms with E-state index in [0.29, 0.717) is 6.04 Å². The molecule has 1 N–H and O–H groups in total. The molecule has 1 aliphatic carbocycles. The Morgan fingerprint density at radius 1 is 1.42 bits per heavy atom. The van der Waals surface area contributed by atoms with Crippen LogP contribution in [0.5, 0.6) is 0 Å². The zero-order valence-corrected chi connectivity index (χ0v) is 13.2. The lowest BCUT2D eigenvalue weighted by atomic mass is 9.95. The average Bonchev–Trinajstić information content (AvgIpc) is 2.80. The molecule has 0 aliphatic heterocycles. The molecule has 1 aliphatic rings. The van der Waals surface area contributed by atoms with Crippen molar-refractivity contribution in [1.29, 1.82) is 0 Å². The lowest BCUT2D eigenvalue weighted by Gasteiger charge is -2.28. The molecule has 2 nitrogen and oxygen atoms in total. The van der Waals surface area contributed by atoms with E-state index in [2.05, 4.69) is 16.6 Å². The van der Waals surface area contributed by atoms with Crippen molar-refractivity contribution in [3.8, 4) is 0 Å². The zero-order valence-electron chi connectivity index (χ0n) is 10.9. The van der Waals surface area contributed by atoms with E-state index in [1.165, 1.54) is 30.4 Å². The van der Waals surface area contributed by atoms with Crippen LogP contribution >= 0.6 is 34.7 Å². The minimum Gasteiger partial charge on any atom is -0.359 e. The highest BCUT2D eigenvalue weighted by Gasteiger charge is 2.21. The third-order valence-electron chi connectivity index (χ3n) is 3.64. The number of hydrogen-bond acceptors (Lipinski definition) is 4. The molecular formula is C14H17ClN2S2. The second kappa shape index (κ2) is 5.90. The van der Waals surface area contributed by atoms with Gasteiger partial charge in [0.1, 0.15) is 0 Å². The van der Waals surface area contributed by atoms with Crippen LogP contribution < -0.4 is 5.32 Å². The van der Waals surface area contributed by atoms with Gasteiger partial charge < -0.3 is 5.32 Å². The number of rotatable bonds is 3. The third-order valence-corrected chi connectivity index (χ3v) is 5.93. The maximum absolute atomic E-state index is 6.00. The van der Waals surface area contributed by atoms with E-state index in [0.717, 1.165) is 20.9 Å². The largest absolute Gasteiger partial charge is 0.359 e. The number of aromatic nitrogens is 1. The molecule has 0 saturated heterocycles. The van der Waals surface area contributed by atoms with Gasteiger partial charge in [-0.1, -0.05) is 29.4 Å². The summed E-state index contributed by atoms with van der Waals surface area (Å²) in [4.78, 5) is 4.63. The van der Waals surface area contributed by atoms with Crippen LogP contribution in [0.25, 0.3) is 10.2 Å². The summed E-state index contributed by atoms with van der Waals surface area (Å²) in [6.45, 7) is 0. The maximum atomic E-state index is 6.00. The molecule has 2 atom stereocenters. The van der Waals surface area contributed by atoms with Gasteiger partial charge in [-0.2, -0.15) is 11.8 Å². The Morgan fingerprint density at radius 3 is 3.16 bits per heavy atom. The first-order valence-corrected chi connectivity index (χ1v) is 9.08. The van der Waals surface area contributed by atoms with E-state index < -0.39 is 0 Å². The molecule has 1 aromatic heterocycles. The summed E-state index contributed by atoms with van der Waals surface area (Å²) in [7, 11) is 0. The number of fused-ring (bicyclic) bond motifs is 1. The predicted molar refractivity (Wildman–Crippen MR) is 87.8 cm³/mol. The quantitative estimate of drug-likeness (QED) is 0.860. The van der Waals surface area contributed by atoms with Gasteiger partial charge in [-0.3, -0.25) is 0 Å². The lowest BCUT2D eigenvalue weighted by molar-refractivity contribution is 0.473. The van der Waals surface area contributed by atoms with Crippen molar-refractivity contribution in [2.75, 3.05) is 11.6 Å². The molecule has 0 spiro atoms. The molecule has 0 radical (unpaired) electrons. The summed E-state index contributed by atoms with van der Waals surface area (Å²) < 4.78 is 1.20. The molecule has 2 aromatic rings. The molecule has 5 heteroatoms. The van der Waals surface area contributed by atoms with Gasteiger partial charge in [-0.05, 0) is 43.7 Å². The molecule has 0 amide bonds. The molecule has 3 rings (SSSR count). The van der Waals surface area contributed by atoms with E-state index in [9.17, 15) is 0 Å². The molecule has 2 unspecified atom stereocenters. The monoisotopic (exact) mass is 312 g/mol. The molecule has 1 fully saturated rings. The predicted octanol–water partition coefficient (Wildman–Crippen LogP) is 5.04. The van der Waals surface area contributed by atoms with Gasteiger partial charge in [0.15, 0.2) is 5.13 Å². The van der Waals surface area contributed by atoms with Crippen LogP contribution in [0.1, 0.15) is 25.7 Å². The SMILES string of the molecule is CSC1CCCC(Nc2nc3cc(Cl)ccc3s2)C1. The Labute approximate surface area is 126 Å². The normalized spacial score (nSPS) is 23.7. The molecule has 1 aromatic carbocycles. The van der Waals surface area contributed by atoms with Crippen molar-refractivity contribution in [3.63, 3.8) is 0 Å². The third kappa shape index (κ3) is 3.18. The summed E-state index contributed by atoms with van der Waals surface area (Å²) in [5, 5.41) is 6.19. The van der Waals surface area contributed by atoms with Gasteiger partial charge in [0.2, 0.25) is 0 Å². The van der Waals surface area contributed by atoms with Gasteiger partial charge >= 0.3 is 0 Å². The highest BCUT2D eigenvalue weighted by atomic mass is 35.5. The Morgan fingerprint density at radius 2 is 2.32 bits per heavy atom. The van der Waals surface area contributed by atoms with E-state index >= 15 is 0 Å². The minimum absolute atomic E-state index is 0.572. The van der Waals surface area contributed by atoms with E-state index in [1.54, 1.807) is 11.3 Å². The number of nitrogens with one attached hydrogen (secondary N) is 1. The number of thioether (sulfide) groups is 1. The number of anilines is 1. The lowest BCUT2D eigenvalue weighted by Crippen LogP contribution is -2.28. The van der Waals surface area contributed by atoms with Crippen LogP contribution in [-0.2, 0) is 0 Å². The molecule has 1 heterocycles. The molecule has 102 valence electrons. The zero-order chi connectivity index (χ0) is 13.2. The number of benzene rings is 1. The van der Waals surface area contributed by atoms with Gasteiger partial charge in [0, 0.05) is 16.3 Å². The minimum atomic E-state index is 0.572. The van der Waals surface area contributed by atoms with Gasteiger partial charge in [0.25, 0.3) is 0 Å². The van der Waals surface area contributed by atoms with Gasteiger partial charge in [-0.25, -0.2) is 4.98 Å². The smallest absolute Gasteiger partial charge is 0.184 e. The van der Waals surface area contributed by atoms with Gasteiger partial charge in [0.05, 0.1) is 10.2 Å². The first kappa shape index (κ1) is 13.5. The second-order valence-electron chi connectivity index (χ2n) is 5.00. The summed E-state index contributed by atoms with van der Waals surface area (Å²) in [6, 6.07) is 6.48. The van der Waals surface area contributed by atoms with Crippen LogP contribution in [0.4, 0.5) is 5.13 Å². The molecular weight excluding hydrogens is 296 g/mol. The highest BCUT2D eigenvalue weighted by Crippen LogP contribution is 2.32. The van der Waals surface area contributed by atoms with Crippen LogP contribution in [0.3, 0.4) is 0 Å². The Kier molecular flexibility index (Phi) is 4.20. The van der Waals surface area contributed by atoms with Crippen LogP contribution in [-0.4, -0.2) is 22.5 Å². The van der Waals surface area contributed by atoms with E-state index in [-0.39, 0.29) is 0 Å². The topological polar surface area (TPSA) is 24.9 Å². The van der Waals surface area contributed by atoms with Crippen molar-refractivity contribution >= 4 is 50.0 Å². The standard InChI is InChI=1S/C14H17ClN2S2/c1-18-11-4-2-3-10(8-11)16-14-17-12-7-9(15)5-6-13(12)19-14/h5-7,10-11H,2-4,8H2,1H3,(H,16,17). The molecule has 1 saturated carbocycles. The summed E-state index contributed by atoms with van der Waals surface area (Å²) >= 11 is 9.71. The number of nitrogens with zero attached hydrogens (tertiary/aromatic N) is 1. The summed E-state index contributed by atoms with van der Waals surface area (Å²) in [5.41, 5.74) is 0.997. The van der Waals surface area contributed by atoms with E-state index in [1.807, 2.05) is 30.0 Å². The Balaban J connectivity index is 1.74. The number of halogens is 1. The van der Waals surface area contributed by atoms with E-state index in [4.69, 9.17) is 11.6 Å². The first-order valence-electron chi connectivity index (χ1n) is 6.60. The fraction of sp³-hybridized carbons (Fsp3) is 0.500. The van der Waals surface area contributed by atoms with Gasteiger partial charge in [-0.15, -0.1) is 0 Å². The first-order chi connectivity index (χ1) is 9.24. The van der Waals surface area contributed by atoms with Crippen molar-refractivity contribution in [3.05, 3.63) is 23.2 Å². The molecule has 0 bridgehead atoms. The maximum Gasteiger partial charge on any atom is 0.184 e. The summed E-state index contributed by atoms with van der Waals surface area (Å²) in [6.07, 6.45) is 7.40. The Bertz CT molecular complexity index is 570. The van der Waals surface area contributed by atoms with Crippen molar-refractivity contribution in [2.45, 2.75) is 37.0 Å². The Hall–Kier alpha value is -0.450. The second-order valence-corrected chi connectivity index (χ2v) is 7.60.